The van der Waals surface area contributed by atoms with E-state index in [1.165, 1.54) is 0 Å². The monoisotopic (exact) mass is 405 g/mol. The van der Waals surface area contributed by atoms with Crippen molar-refractivity contribution in [2.45, 2.75) is 0 Å². The minimum atomic E-state index is -1.46. The number of carbonyl (C=O) groups excluding carboxylic acids is 2. The lowest BCUT2D eigenvalue weighted by atomic mass is 9.80. The van der Waals surface area contributed by atoms with Crippen LogP contribution in [0.4, 0.5) is 4.79 Å². The summed E-state index contributed by atoms with van der Waals surface area (Å²) in [5.74, 6) is 1.43. The first kappa shape index (κ1) is 19.3. The van der Waals surface area contributed by atoms with Crippen molar-refractivity contribution in [3.8, 4) is 11.5 Å². The lowest BCUT2D eigenvalue weighted by molar-refractivity contribution is -0.123. The maximum atomic E-state index is 12.9. The van der Waals surface area contributed by atoms with Gasteiger partial charge in [0.1, 0.15) is 28.9 Å². The van der Waals surface area contributed by atoms with Gasteiger partial charge in [-0.2, -0.15) is 4.99 Å². The molecule has 3 amide bonds. The van der Waals surface area contributed by atoms with E-state index in [0.717, 1.165) is 0 Å². The molecule has 4 rings (SSSR count). The van der Waals surface area contributed by atoms with E-state index in [4.69, 9.17) is 19.9 Å². The summed E-state index contributed by atoms with van der Waals surface area (Å²) in [6.07, 6.45) is 3.12. The third-order valence-corrected chi connectivity index (χ3v) is 4.93. The highest BCUT2D eigenvalue weighted by Crippen LogP contribution is 2.40. The molecule has 0 unspecified atom stereocenters. The van der Waals surface area contributed by atoms with Crippen LogP contribution < -0.4 is 20.5 Å². The Kier molecular flexibility index (Phi) is 4.75. The molecular weight excluding hydrogens is 386 g/mol. The van der Waals surface area contributed by atoms with Crippen molar-refractivity contribution in [1.82, 2.24) is 5.32 Å². The molecule has 0 aliphatic carbocycles. The fourth-order valence-electron chi connectivity index (χ4n) is 3.25. The van der Waals surface area contributed by atoms with Crippen molar-refractivity contribution in [2.75, 3.05) is 14.2 Å². The van der Waals surface area contributed by atoms with Gasteiger partial charge in [-0.3, -0.25) is 10.1 Å². The molecule has 2 aromatic carbocycles. The summed E-state index contributed by atoms with van der Waals surface area (Å²) in [6, 6.07) is 13.5. The van der Waals surface area contributed by atoms with Crippen molar-refractivity contribution in [2.24, 2.45) is 16.1 Å². The van der Waals surface area contributed by atoms with Gasteiger partial charge in [0.2, 0.25) is 5.91 Å². The second-order valence-electron chi connectivity index (χ2n) is 6.70. The number of rotatable bonds is 4. The van der Waals surface area contributed by atoms with Crippen LogP contribution in [0.15, 0.2) is 65.7 Å². The molecule has 0 bridgehead atoms. The minimum Gasteiger partial charge on any atom is -0.497 e. The van der Waals surface area contributed by atoms with Gasteiger partial charge in [-0.25, -0.2) is 4.79 Å². The van der Waals surface area contributed by atoms with Gasteiger partial charge in [0.25, 0.3) is 0 Å². The highest BCUT2D eigenvalue weighted by atomic mass is 16.5. The number of benzene rings is 2. The molecule has 0 radical (unpaired) electrons. The molecule has 0 atom stereocenters. The van der Waals surface area contributed by atoms with Crippen LogP contribution in [0.25, 0.3) is 11.5 Å². The molecular formula is C22H19N3O5. The Balaban J connectivity index is 1.85. The SMILES string of the molecule is COc1ccc(C2=CC3(C=C(c4ccc(OC)cc4)O2)C(=O)NC(=O)N=C3N)cc1. The first-order valence-electron chi connectivity index (χ1n) is 9.07. The summed E-state index contributed by atoms with van der Waals surface area (Å²) in [4.78, 5) is 28.3. The van der Waals surface area contributed by atoms with Crippen LogP contribution in [0.1, 0.15) is 11.1 Å². The van der Waals surface area contributed by atoms with Crippen LogP contribution >= 0.6 is 0 Å². The molecule has 0 aromatic heterocycles. The number of carbonyl (C=O) groups is 2. The number of nitrogens with two attached hydrogens (primary N) is 1. The van der Waals surface area contributed by atoms with Gasteiger partial charge < -0.3 is 19.9 Å². The predicted octanol–water partition coefficient (Wildman–Crippen LogP) is 2.71. The van der Waals surface area contributed by atoms with E-state index in [1.807, 2.05) is 0 Å². The van der Waals surface area contributed by atoms with Gasteiger partial charge in [0, 0.05) is 11.1 Å². The molecule has 30 heavy (non-hydrogen) atoms. The average molecular weight is 405 g/mol. The molecule has 3 N–H and O–H groups in total. The van der Waals surface area contributed by atoms with E-state index in [2.05, 4.69) is 10.3 Å². The molecule has 2 aliphatic heterocycles. The Morgan fingerprint density at radius 3 is 1.73 bits per heavy atom. The molecule has 2 heterocycles. The van der Waals surface area contributed by atoms with Gasteiger partial charge in [0.15, 0.2) is 5.41 Å². The average Bonchev–Trinajstić information content (AvgIpc) is 2.77. The minimum absolute atomic E-state index is 0.128. The smallest absolute Gasteiger partial charge is 0.349 e. The maximum absolute atomic E-state index is 12.9. The van der Waals surface area contributed by atoms with Gasteiger partial charge in [-0.05, 0) is 60.7 Å². The van der Waals surface area contributed by atoms with Crippen molar-refractivity contribution in [3.63, 3.8) is 0 Å². The zero-order valence-corrected chi connectivity index (χ0v) is 16.3. The van der Waals surface area contributed by atoms with E-state index in [9.17, 15) is 9.59 Å². The van der Waals surface area contributed by atoms with Crippen LogP contribution in [-0.4, -0.2) is 32.0 Å². The number of aliphatic imine (C=N–C) groups is 1. The Labute approximate surface area is 172 Å². The van der Waals surface area contributed by atoms with Gasteiger partial charge >= 0.3 is 6.03 Å². The maximum Gasteiger partial charge on any atom is 0.349 e. The van der Waals surface area contributed by atoms with Gasteiger partial charge in [0.05, 0.1) is 14.2 Å². The highest BCUT2D eigenvalue weighted by molar-refractivity contribution is 6.22. The summed E-state index contributed by atoms with van der Waals surface area (Å²) in [5.41, 5.74) is 6.02. The van der Waals surface area contributed by atoms with Crippen molar-refractivity contribution >= 4 is 29.3 Å². The number of methoxy groups -OCH3 is 2. The standard InChI is InChI=1S/C22H19N3O5/c1-28-15-7-3-13(4-8-15)17-11-22(19(23)24-21(27)25-20(22)26)12-18(30-17)14-5-9-16(29-2)10-6-14/h3-12H,1-2H3,(H3,23,24,25,26,27). The summed E-state index contributed by atoms with van der Waals surface area (Å²) in [7, 11) is 3.15. The second kappa shape index (κ2) is 7.40. The number of amides is 3. The van der Waals surface area contributed by atoms with E-state index in [-0.39, 0.29) is 5.84 Å². The number of imide groups is 1. The predicted molar refractivity (Wildman–Crippen MR) is 111 cm³/mol. The highest BCUT2D eigenvalue weighted by Gasteiger charge is 2.46. The number of nitrogens with zero attached hydrogens (tertiary/aromatic N) is 1. The van der Waals surface area contributed by atoms with Gasteiger partial charge in [-0.15, -0.1) is 0 Å². The number of ether oxygens (including phenoxy) is 3. The lowest BCUT2D eigenvalue weighted by Gasteiger charge is -2.33. The molecule has 2 aromatic rings. The van der Waals surface area contributed by atoms with Crippen molar-refractivity contribution < 1.29 is 23.8 Å². The number of hydrogen-bond donors (Lipinski definition) is 2. The number of amidine groups is 1. The fraction of sp³-hybridized carbons (Fsp3) is 0.136. The second-order valence-corrected chi connectivity index (χ2v) is 6.70. The molecule has 1 spiro atoms. The number of hydrogen-bond acceptors (Lipinski definition) is 6. The number of nitrogens with one attached hydrogen (secondary N) is 1. The molecule has 0 saturated heterocycles. The summed E-state index contributed by atoms with van der Waals surface area (Å²) >= 11 is 0. The summed E-state index contributed by atoms with van der Waals surface area (Å²) < 4.78 is 16.5. The first-order chi connectivity index (χ1) is 14.4. The van der Waals surface area contributed by atoms with Crippen LogP contribution in [0, 0.1) is 5.41 Å². The van der Waals surface area contributed by atoms with Crippen LogP contribution in [-0.2, 0) is 9.53 Å². The van der Waals surface area contributed by atoms with Crippen LogP contribution in [0.2, 0.25) is 0 Å². The number of urea groups is 1. The van der Waals surface area contributed by atoms with Crippen LogP contribution in [0.5, 0.6) is 11.5 Å². The van der Waals surface area contributed by atoms with Gasteiger partial charge in [-0.1, -0.05) is 0 Å². The third-order valence-electron chi connectivity index (χ3n) is 4.93. The molecule has 0 fully saturated rings. The zero-order valence-electron chi connectivity index (χ0n) is 16.3. The largest absolute Gasteiger partial charge is 0.497 e. The topological polar surface area (TPSA) is 112 Å². The first-order valence-corrected chi connectivity index (χ1v) is 9.07. The van der Waals surface area contributed by atoms with E-state index in [0.29, 0.717) is 34.1 Å². The summed E-state index contributed by atoms with van der Waals surface area (Å²) in [6.45, 7) is 0. The quantitative estimate of drug-likeness (QED) is 0.809. The Bertz CT molecular complexity index is 1040. The lowest BCUT2D eigenvalue weighted by Crippen LogP contribution is -2.54. The van der Waals surface area contributed by atoms with Crippen LogP contribution in [0.3, 0.4) is 0 Å². The zero-order chi connectivity index (χ0) is 21.3. The summed E-state index contributed by atoms with van der Waals surface area (Å²) in [5, 5.41) is 2.22. The Hall–Kier alpha value is -4.07. The Morgan fingerprint density at radius 2 is 1.33 bits per heavy atom. The fourth-order valence-corrected chi connectivity index (χ4v) is 3.25. The van der Waals surface area contributed by atoms with Crippen molar-refractivity contribution in [3.05, 3.63) is 71.8 Å². The molecule has 0 saturated carbocycles. The third kappa shape index (κ3) is 3.28. The molecule has 8 heteroatoms. The molecule has 2 aliphatic rings. The Morgan fingerprint density at radius 1 is 0.867 bits per heavy atom. The van der Waals surface area contributed by atoms with E-state index in [1.54, 1.807) is 74.9 Å². The van der Waals surface area contributed by atoms with E-state index >= 15 is 0 Å². The van der Waals surface area contributed by atoms with Crippen molar-refractivity contribution in [1.29, 1.82) is 0 Å². The normalized spacial score (nSPS) is 17.3. The molecule has 152 valence electrons. The molecule has 8 nitrogen and oxygen atoms in total. The van der Waals surface area contributed by atoms with E-state index < -0.39 is 17.4 Å².